The zero-order valence-corrected chi connectivity index (χ0v) is 10.9. The van der Waals surface area contributed by atoms with Gasteiger partial charge in [-0.1, -0.05) is 12.1 Å². The van der Waals surface area contributed by atoms with Crippen LogP contribution >= 0.6 is 15.9 Å². The lowest BCUT2D eigenvalue weighted by Gasteiger charge is -2.08. The standard InChI is InChI=1S/C13H15BrN2/c1-8-4-5-9-11(7-8)16-13(12(9)14)10-3-2-6-15-10/h4-5,7,10,15-16H,2-3,6H2,1H3. The van der Waals surface area contributed by atoms with Gasteiger partial charge in [-0.15, -0.1) is 0 Å². The number of fused-ring (bicyclic) bond motifs is 1. The summed E-state index contributed by atoms with van der Waals surface area (Å²) in [6.07, 6.45) is 2.50. The third-order valence-electron chi connectivity index (χ3n) is 3.33. The van der Waals surface area contributed by atoms with Crippen LogP contribution in [0.3, 0.4) is 0 Å². The Labute approximate surface area is 104 Å². The lowest BCUT2D eigenvalue weighted by atomic mass is 10.1. The Kier molecular flexibility index (Phi) is 2.52. The summed E-state index contributed by atoms with van der Waals surface area (Å²) in [6, 6.07) is 7.04. The summed E-state index contributed by atoms with van der Waals surface area (Å²) in [5.41, 5.74) is 3.83. The molecule has 0 bridgehead atoms. The molecule has 2 aromatic rings. The number of hydrogen-bond donors (Lipinski definition) is 2. The number of halogens is 1. The summed E-state index contributed by atoms with van der Waals surface area (Å²) in [5, 5.41) is 4.81. The van der Waals surface area contributed by atoms with Gasteiger partial charge in [-0.05, 0) is 53.9 Å². The van der Waals surface area contributed by atoms with Gasteiger partial charge in [0.05, 0.1) is 0 Å². The van der Waals surface area contributed by atoms with E-state index < -0.39 is 0 Å². The van der Waals surface area contributed by atoms with E-state index in [9.17, 15) is 0 Å². The molecule has 1 saturated heterocycles. The predicted molar refractivity (Wildman–Crippen MR) is 70.7 cm³/mol. The second-order valence-electron chi connectivity index (χ2n) is 4.55. The van der Waals surface area contributed by atoms with Crippen molar-refractivity contribution in [2.45, 2.75) is 25.8 Å². The Hall–Kier alpha value is -0.800. The van der Waals surface area contributed by atoms with Crippen LogP contribution in [0.15, 0.2) is 22.7 Å². The van der Waals surface area contributed by atoms with E-state index in [1.54, 1.807) is 0 Å². The van der Waals surface area contributed by atoms with Crippen molar-refractivity contribution in [2.75, 3.05) is 6.54 Å². The van der Waals surface area contributed by atoms with Crippen LogP contribution < -0.4 is 5.32 Å². The van der Waals surface area contributed by atoms with Gasteiger partial charge in [-0.3, -0.25) is 0 Å². The Morgan fingerprint density at radius 2 is 2.25 bits per heavy atom. The lowest BCUT2D eigenvalue weighted by molar-refractivity contribution is 0.630. The topological polar surface area (TPSA) is 27.8 Å². The molecule has 1 fully saturated rings. The van der Waals surface area contributed by atoms with Crippen LogP contribution in [0.25, 0.3) is 10.9 Å². The Balaban J connectivity index is 2.14. The molecule has 1 aromatic carbocycles. The molecular weight excluding hydrogens is 264 g/mol. The van der Waals surface area contributed by atoms with Gasteiger partial charge < -0.3 is 10.3 Å². The highest BCUT2D eigenvalue weighted by molar-refractivity contribution is 9.10. The first-order chi connectivity index (χ1) is 7.75. The highest BCUT2D eigenvalue weighted by Crippen LogP contribution is 2.34. The number of benzene rings is 1. The zero-order chi connectivity index (χ0) is 11.1. The Morgan fingerprint density at radius 1 is 1.38 bits per heavy atom. The van der Waals surface area contributed by atoms with Gasteiger partial charge in [-0.2, -0.15) is 0 Å². The number of aromatic amines is 1. The van der Waals surface area contributed by atoms with Crippen LogP contribution in [0, 0.1) is 6.92 Å². The van der Waals surface area contributed by atoms with Gasteiger partial charge in [0.15, 0.2) is 0 Å². The van der Waals surface area contributed by atoms with E-state index in [0.29, 0.717) is 6.04 Å². The Bertz CT molecular complexity index is 524. The molecule has 0 aliphatic carbocycles. The second-order valence-corrected chi connectivity index (χ2v) is 5.34. The predicted octanol–water partition coefficient (Wildman–Crippen LogP) is 3.66. The smallest absolute Gasteiger partial charge is 0.0485 e. The highest BCUT2D eigenvalue weighted by atomic mass is 79.9. The summed E-state index contributed by atoms with van der Waals surface area (Å²) in [6.45, 7) is 3.26. The normalized spacial score (nSPS) is 20.8. The van der Waals surface area contributed by atoms with Gasteiger partial charge in [0, 0.05) is 27.1 Å². The van der Waals surface area contributed by atoms with Crippen molar-refractivity contribution in [3.05, 3.63) is 33.9 Å². The fourth-order valence-corrected chi connectivity index (χ4v) is 3.19. The number of aryl methyl sites for hydroxylation is 1. The molecule has 1 aliphatic heterocycles. The van der Waals surface area contributed by atoms with Crippen molar-refractivity contribution < 1.29 is 0 Å². The number of rotatable bonds is 1. The number of H-pyrrole nitrogens is 1. The molecule has 2 heterocycles. The van der Waals surface area contributed by atoms with E-state index in [-0.39, 0.29) is 0 Å². The molecule has 3 heteroatoms. The van der Waals surface area contributed by atoms with Crippen molar-refractivity contribution >= 4 is 26.8 Å². The van der Waals surface area contributed by atoms with E-state index >= 15 is 0 Å². The third-order valence-corrected chi connectivity index (χ3v) is 4.18. The van der Waals surface area contributed by atoms with Crippen molar-refractivity contribution in [1.82, 2.24) is 10.3 Å². The van der Waals surface area contributed by atoms with Gasteiger partial charge in [0.25, 0.3) is 0 Å². The minimum Gasteiger partial charge on any atom is -0.356 e. The quantitative estimate of drug-likeness (QED) is 0.819. The molecule has 3 rings (SSSR count). The maximum absolute atomic E-state index is 3.72. The molecule has 0 radical (unpaired) electrons. The number of nitrogens with one attached hydrogen (secondary N) is 2. The van der Waals surface area contributed by atoms with Crippen molar-refractivity contribution in [1.29, 1.82) is 0 Å². The van der Waals surface area contributed by atoms with Gasteiger partial charge in [-0.25, -0.2) is 0 Å². The molecule has 84 valence electrons. The molecule has 1 unspecified atom stereocenters. The SMILES string of the molecule is Cc1ccc2c(Br)c(C3CCCN3)[nH]c2c1. The fourth-order valence-electron chi connectivity index (χ4n) is 2.47. The van der Waals surface area contributed by atoms with Gasteiger partial charge in [0.2, 0.25) is 0 Å². The molecule has 1 atom stereocenters. The number of aromatic nitrogens is 1. The highest BCUT2D eigenvalue weighted by Gasteiger charge is 2.21. The summed E-state index contributed by atoms with van der Waals surface area (Å²) in [5.74, 6) is 0. The summed E-state index contributed by atoms with van der Waals surface area (Å²) in [4.78, 5) is 3.54. The summed E-state index contributed by atoms with van der Waals surface area (Å²) >= 11 is 3.72. The molecule has 0 saturated carbocycles. The van der Waals surface area contributed by atoms with Crippen molar-refractivity contribution in [3.63, 3.8) is 0 Å². The summed E-state index contributed by atoms with van der Waals surface area (Å²) < 4.78 is 1.22. The minimum absolute atomic E-state index is 0.488. The Morgan fingerprint density at radius 3 is 3.00 bits per heavy atom. The molecule has 2 N–H and O–H groups in total. The third kappa shape index (κ3) is 1.59. The monoisotopic (exact) mass is 278 g/mol. The largest absolute Gasteiger partial charge is 0.356 e. The van der Waals surface area contributed by atoms with Gasteiger partial charge >= 0.3 is 0 Å². The summed E-state index contributed by atoms with van der Waals surface area (Å²) in [7, 11) is 0. The average Bonchev–Trinajstić information content (AvgIpc) is 2.86. The van der Waals surface area contributed by atoms with E-state index in [1.165, 1.54) is 39.5 Å². The molecule has 0 amide bonds. The van der Waals surface area contributed by atoms with E-state index in [1.807, 2.05) is 0 Å². The van der Waals surface area contributed by atoms with Crippen LogP contribution in [0.1, 0.15) is 30.1 Å². The van der Waals surface area contributed by atoms with Crippen molar-refractivity contribution in [2.24, 2.45) is 0 Å². The van der Waals surface area contributed by atoms with Crippen molar-refractivity contribution in [3.8, 4) is 0 Å². The average molecular weight is 279 g/mol. The maximum atomic E-state index is 3.72. The van der Waals surface area contributed by atoms with Gasteiger partial charge in [0.1, 0.15) is 0 Å². The number of hydrogen-bond acceptors (Lipinski definition) is 1. The molecule has 2 nitrogen and oxygen atoms in total. The van der Waals surface area contributed by atoms with Crippen LogP contribution in [0.2, 0.25) is 0 Å². The van der Waals surface area contributed by atoms with Crippen LogP contribution in [0.5, 0.6) is 0 Å². The molecule has 0 spiro atoms. The molecule has 16 heavy (non-hydrogen) atoms. The molecule has 1 aromatic heterocycles. The first kappa shape index (κ1) is 10.4. The van der Waals surface area contributed by atoms with E-state index in [4.69, 9.17) is 0 Å². The zero-order valence-electron chi connectivity index (χ0n) is 9.31. The molecular formula is C13H15BrN2. The van der Waals surface area contributed by atoms with E-state index in [0.717, 1.165) is 6.54 Å². The fraction of sp³-hybridized carbons (Fsp3) is 0.385. The lowest BCUT2D eigenvalue weighted by Crippen LogP contribution is -2.13. The first-order valence-electron chi connectivity index (χ1n) is 5.77. The molecule has 1 aliphatic rings. The first-order valence-corrected chi connectivity index (χ1v) is 6.56. The van der Waals surface area contributed by atoms with Crippen LogP contribution in [-0.2, 0) is 0 Å². The van der Waals surface area contributed by atoms with Crippen LogP contribution in [-0.4, -0.2) is 11.5 Å². The van der Waals surface area contributed by atoms with E-state index in [2.05, 4.69) is 51.4 Å². The maximum Gasteiger partial charge on any atom is 0.0485 e. The minimum atomic E-state index is 0.488. The second kappa shape index (κ2) is 3.90. The van der Waals surface area contributed by atoms with Crippen LogP contribution in [0.4, 0.5) is 0 Å².